The standard InChI is InChI=1S/C16H24N2O2/c1-2-20-15-7-3-6-14(12-15)13-17-9-5-11-18-10-4-8-16(18)19/h3,6-7,12,17H,2,4-5,8-11,13H2,1H3. The lowest BCUT2D eigenvalue weighted by Crippen LogP contribution is -2.28. The molecule has 1 saturated heterocycles. The molecule has 1 aliphatic rings. The Morgan fingerprint density at radius 3 is 3.05 bits per heavy atom. The molecule has 0 bridgehead atoms. The van der Waals surface area contributed by atoms with Crippen molar-refractivity contribution in [2.75, 3.05) is 26.2 Å². The highest BCUT2D eigenvalue weighted by molar-refractivity contribution is 5.77. The number of likely N-dealkylation sites (tertiary alicyclic amines) is 1. The quantitative estimate of drug-likeness (QED) is 0.740. The number of hydrogen-bond donors (Lipinski definition) is 1. The molecule has 1 N–H and O–H groups in total. The van der Waals surface area contributed by atoms with Crippen molar-refractivity contribution in [3.8, 4) is 5.75 Å². The van der Waals surface area contributed by atoms with Crippen molar-refractivity contribution in [1.82, 2.24) is 10.2 Å². The Morgan fingerprint density at radius 1 is 1.40 bits per heavy atom. The molecule has 0 radical (unpaired) electrons. The Balaban J connectivity index is 1.63. The van der Waals surface area contributed by atoms with Gasteiger partial charge in [-0.2, -0.15) is 0 Å². The van der Waals surface area contributed by atoms with Crippen molar-refractivity contribution >= 4 is 5.91 Å². The molecule has 1 aromatic rings. The third-order valence-electron chi connectivity index (χ3n) is 3.49. The summed E-state index contributed by atoms with van der Waals surface area (Å²) in [5.41, 5.74) is 1.23. The highest BCUT2D eigenvalue weighted by Gasteiger charge is 2.18. The van der Waals surface area contributed by atoms with Crippen LogP contribution in [0.1, 0.15) is 31.7 Å². The molecular formula is C16H24N2O2. The van der Waals surface area contributed by atoms with Gasteiger partial charge in [0.25, 0.3) is 0 Å². The molecule has 0 aromatic heterocycles. The van der Waals surface area contributed by atoms with Gasteiger partial charge >= 0.3 is 0 Å². The molecule has 1 aliphatic heterocycles. The van der Waals surface area contributed by atoms with Crippen LogP contribution in [-0.2, 0) is 11.3 Å². The van der Waals surface area contributed by atoms with E-state index >= 15 is 0 Å². The molecule has 2 rings (SSSR count). The minimum Gasteiger partial charge on any atom is -0.494 e. The number of carbonyl (C=O) groups is 1. The first-order valence-electron chi connectivity index (χ1n) is 7.50. The molecule has 0 unspecified atom stereocenters. The fourth-order valence-electron chi connectivity index (χ4n) is 2.48. The second kappa shape index (κ2) is 7.90. The van der Waals surface area contributed by atoms with E-state index in [9.17, 15) is 4.79 Å². The van der Waals surface area contributed by atoms with Crippen LogP contribution in [0.25, 0.3) is 0 Å². The molecule has 0 saturated carbocycles. The van der Waals surface area contributed by atoms with E-state index in [1.54, 1.807) is 0 Å². The Hall–Kier alpha value is -1.55. The van der Waals surface area contributed by atoms with E-state index < -0.39 is 0 Å². The molecule has 1 fully saturated rings. The maximum Gasteiger partial charge on any atom is 0.222 e. The molecule has 1 amide bonds. The first-order chi connectivity index (χ1) is 9.79. The van der Waals surface area contributed by atoms with Crippen molar-refractivity contribution in [3.63, 3.8) is 0 Å². The number of carbonyl (C=O) groups excluding carboxylic acids is 1. The van der Waals surface area contributed by atoms with Crippen molar-refractivity contribution in [2.24, 2.45) is 0 Å². The molecule has 4 nitrogen and oxygen atoms in total. The molecule has 20 heavy (non-hydrogen) atoms. The summed E-state index contributed by atoms with van der Waals surface area (Å²) < 4.78 is 5.48. The van der Waals surface area contributed by atoms with Crippen LogP contribution in [0, 0.1) is 0 Å². The van der Waals surface area contributed by atoms with Gasteiger partial charge in [-0.1, -0.05) is 12.1 Å². The molecule has 110 valence electrons. The largest absolute Gasteiger partial charge is 0.494 e. The molecular weight excluding hydrogens is 252 g/mol. The number of rotatable bonds is 8. The van der Waals surface area contributed by atoms with Gasteiger partial charge in [-0.25, -0.2) is 0 Å². The number of benzene rings is 1. The summed E-state index contributed by atoms with van der Waals surface area (Å²) in [7, 11) is 0. The Bertz CT molecular complexity index is 434. The highest BCUT2D eigenvalue weighted by Crippen LogP contribution is 2.13. The van der Waals surface area contributed by atoms with Crippen LogP contribution in [0.5, 0.6) is 5.75 Å². The molecule has 1 heterocycles. The summed E-state index contributed by atoms with van der Waals surface area (Å²) in [6, 6.07) is 8.16. The number of amides is 1. The number of nitrogens with one attached hydrogen (secondary N) is 1. The summed E-state index contributed by atoms with van der Waals surface area (Å²) >= 11 is 0. The fraction of sp³-hybridized carbons (Fsp3) is 0.562. The molecule has 0 atom stereocenters. The number of nitrogens with zero attached hydrogens (tertiary/aromatic N) is 1. The lowest BCUT2D eigenvalue weighted by atomic mass is 10.2. The van der Waals surface area contributed by atoms with Crippen LogP contribution in [-0.4, -0.2) is 37.0 Å². The highest BCUT2D eigenvalue weighted by atomic mass is 16.5. The fourth-order valence-corrected chi connectivity index (χ4v) is 2.48. The zero-order valence-corrected chi connectivity index (χ0v) is 12.2. The predicted molar refractivity (Wildman–Crippen MR) is 79.7 cm³/mol. The Kier molecular flexibility index (Phi) is 5.87. The maximum absolute atomic E-state index is 11.5. The smallest absolute Gasteiger partial charge is 0.222 e. The third-order valence-corrected chi connectivity index (χ3v) is 3.49. The van der Waals surface area contributed by atoms with Crippen LogP contribution in [0.4, 0.5) is 0 Å². The number of hydrogen-bond acceptors (Lipinski definition) is 3. The normalized spacial score (nSPS) is 14.8. The molecule has 4 heteroatoms. The van der Waals surface area contributed by atoms with Gasteiger partial charge in [-0.3, -0.25) is 4.79 Å². The van der Waals surface area contributed by atoms with Crippen LogP contribution in [0.2, 0.25) is 0 Å². The van der Waals surface area contributed by atoms with Crippen molar-refractivity contribution in [2.45, 2.75) is 32.7 Å². The molecule has 1 aromatic carbocycles. The zero-order chi connectivity index (χ0) is 14.2. The van der Waals surface area contributed by atoms with E-state index in [0.29, 0.717) is 12.5 Å². The van der Waals surface area contributed by atoms with Crippen molar-refractivity contribution < 1.29 is 9.53 Å². The number of ether oxygens (including phenoxy) is 1. The van der Waals surface area contributed by atoms with E-state index in [4.69, 9.17) is 4.74 Å². The summed E-state index contributed by atoms with van der Waals surface area (Å²) in [5.74, 6) is 1.24. The second-order valence-electron chi connectivity index (χ2n) is 5.10. The molecule has 0 spiro atoms. The topological polar surface area (TPSA) is 41.6 Å². The first-order valence-corrected chi connectivity index (χ1v) is 7.50. The van der Waals surface area contributed by atoms with Gasteiger partial charge in [-0.05, 0) is 44.0 Å². The predicted octanol–water partition coefficient (Wildman–Crippen LogP) is 2.19. The third kappa shape index (κ3) is 4.53. The second-order valence-corrected chi connectivity index (χ2v) is 5.10. The Morgan fingerprint density at radius 2 is 2.30 bits per heavy atom. The summed E-state index contributed by atoms with van der Waals surface area (Å²) in [5, 5.41) is 3.42. The first kappa shape index (κ1) is 14.9. The average molecular weight is 276 g/mol. The van der Waals surface area contributed by atoms with Crippen LogP contribution in [0.3, 0.4) is 0 Å². The van der Waals surface area contributed by atoms with Crippen LogP contribution in [0.15, 0.2) is 24.3 Å². The van der Waals surface area contributed by atoms with E-state index in [1.165, 1.54) is 5.56 Å². The van der Waals surface area contributed by atoms with Crippen LogP contribution < -0.4 is 10.1 Å². The minimum absolute atomic E-state index is 0.314. The van der Waals surface area contributed by atoms with Gasteiger partial charge in [0, 0.05) is 26.1 Å². The minimum atomic E-state index is 0.314. The Labute approximate surface area is 121 Å². The van der Waals surface area contributed by atoms with Crippen molar-refractivity contribution in [3.05, 3.63) is 29.8 Å². The maximum atomic E-state index is 11.5. The van der Waals surface area contributed by atoms with Crippen LogP contribution >= 0.6 is 0 Å². The van der Waals surface area contributed by atoms with Gasteiger partial charge in [0.05, 0.1) is 6.61 Å². The average Bonchev–Trinajstić information content (AvgIpc) is 2.85. The van der Waals surface area contributed by atoms with E-state index in [0.717, 1.165) is 51.2 Å². The monoisotopic (exact) mass is 276 g/mol. The SMILES string of the molecule is CCOc1cccc(CNCCCN2CCCC2=O)c1. The summed E-state index contributed by atoms with van der Waals surface area (Å²) in [6.07, 6.45) is 2.77. The summed E-state index contributed by atoms with van der Waals surface area (Å²) in [6.45, 7) is 6.28. The van der Waals surface area contributed by atoms with Crippen molar-refractivity contribution in [1.29, 1.82) is 0 Å². The lowest BCUT2D eigenvalue weighted by Gasteiger charge is -2.15. The van der Waals surface area contributed by atoms with E-state index in [1.807, 2.05) is 24.0 Å². The lowest BCUT2D eigenvalue weighted by molar-refractivity contribution is -0.127. The summed E-state index contributed by atoms with van der Waals surface area (Å²) in [4.78, 5) is 13.4. The van der Waals surface area contributed by atoms with Gasteiger partial charge in [-0.15, -0.1) is 0 Å². The zero-order valence-electron chi connectivity index (χ0n) is 12.2. The van der Waals surface area contributed by atoms with Gasteiger partial charge in [0.2, 0.25) is 5.91 Å². The van der Waals surface area contributed by atoms with Gasteiger partial charge in [0.1, 0.15) is 5.75 Å². The molecule has 0 aliphatic carbocycles. The van der Waals surface area contributed by atoms with Gasteiger partial charge in [0.15, 0.2) is 0 Å². The van der Waals surface area contributed by atoms with Gasteiger partial charge < -0.3 is 15.0 Å². The van der Waals surface area contributed by atoms with E-state index in [-0.39, 0.29) is 0 Å². The van der Waals surface area contributed by atoms with E-state index in [2.05, 4.69) is 17.4 Å².